The molecule has 0 aliphatic carbocycles. The molecule has 6 nitrogen and oxygen atoms in total. The number of nitrogens with zero attached hydrogens (tertiary/aromatic N) is 3. The van der Waals surface area contributed by atoms with Gasteiger partial charge in [-0.1, -0.05) is 0 Å². The third-order valence-electron chi connectivity index (χ3n) is 2.39. The standard InChI is InChI=1S/C12H7F4N3O3S/c1-2-22-11(21)4-3-17-12(19-10(4)20)23-7-5(13)8(15)18-9(16)6(7)14/h3H,2H2,1H3,(H,17,19,20). The molecule has 122 valence electrons. The lowest BCUT2D eigenvalue weighted by molar-refractivity contribution is 0.0521. The number of carbonyl (C=O) groups is 1. The Labute approximate surface area is 130 Å². The summed E-state index contributed by atoms with van der Waals surface area (Å²) in [7, 11) is 0. The highest BCUT2D eigenvalue weighted by Gasteiger charge is 2.23. The molecule has 2 aromatic heterocycles. The fourth-order valence-electron chi connectivity index (χ4n) is 1.41. The summed E-state index contributed by atoms with van der Waals surface area (Å²) in [6.45, 7) is 1.58. The van der Waals surface area contributed by atoms with E-state index >= 15 is 0 Å². The van der Waals surface area contributed by atoms with Gasteiger partial charge in [0.2, 0.25) is 5.88 Å². The van der Waals surface area contributed by atoms with Crippen molar-refractivity contribution >= 4 is 17.7 Å². The van der Waals surface area contributed by atoms with Crippen molar-refractivity contribution in [3.05, 3.63) is 35.3 Å². The first-order valence-corrected chi connectivity index (χ1v) is 6.77. The number of rotatable bonds is 4. The van der Waals surface area contributed by atoms with Crippen LogP contribution >= 0.6 is 11.8 Å². The van der Waals surface area contributed by atoms with Gasteiger partial charge in [0.1, 0.15) is 5.56 Å². The van der Waals surface area contributed by atoms with Crippen LogP contribution in [0.2, 0.25) is 0 Å². The molecular formula is C12H7F4N3O3S. The number of hydrogen-bond acceptors (Lipinski definition) is 7. The molecule has 11 heteroatoms. The van der Waals surface area contributed by atoms with Crippen LogP contribution in [0.5, 0.6) is 5.88 Å². The van der Waals surface area contributed by atoms with Gasteiger partial charge < -0.3 is 9.84 Å². The monoisotopic (exact) mass is 349 g/mol. The smallest absolute Gasteiger partial charge is 0.345 e. The van der Waals surface area contributed by atoms with E-state index in [2.05, 4.69) is 19.7 Å². The Morgan fingerprint density at radius 2 is 1.83 bits per heavy atom. The first-order valence-electron chi connectivity index (χ1n) is 5.96. The zero-order chi connectivity index (χ0) is 17.1. The number of pyridine rings is 1. The van der Waals surface area contributed by atoms with Gasteiger partial charge >= 0.3 is 5.97 Å². The second-order valence-electron chi connectivity index (χ2n) is 3.86. The first-order chi connectivity index (χ1) is 10.8. The molecule has 0 fully saturated rings. The normalized spacial score (nSPS) is 10.7. The summed E-state index contributed by atoms with van der Waals surface area (Å²) in [5, 5.41) is 9.15. The minimum absolute atomic E-state index is 0.0424. The predicted octanol–water partition coefficient (Wildman–Crippen LogP) is 2.46. The zero-order valence-corrected chi connectivity index (χ0v) is 12.1. The number of esters is 1. The third kappa shape index (κ3) is 3.50. The van der Waals surface area contributed by atoms with Crippen molar-refractivity contribution in [2.24, 2.45) is 0 Å². The Kier molecular flexibility index (Phi) is 4.98. The fraction of sp³-hybridized carbons (Fsp3) is 0.167. The number of halogens is 4. The summed E-state index contributed by atoms with van der Waals surface area (Å²) in [4.78, 5) is 19.8. The Bertz CT molecular complexity index is 749. The van der Waals surface area contributed by atoms with Crippen molar-refractivity contribution in [3.8, 4) is 5.88 Å². The summed E-state index contributed by atoms with van der Waals surface area (Å²) < 4.78 is 57.6. The molecule has 23 heavy (non-hydrogen) atoms. The molecule has 2 aromatic rings. The molecule has 0 amide bonds. The van der Waals surface area contributed by atoms with Crippen LogP contribution in [0.15, 0.2) is 16.2 Å². The van der Waals surface area contributed by atoms with Crippen molar-refractivity contribution in [1.82, 2.24) is 15.0 Å². The highest BCUT2D eigenvalue weighted by Crippen LogP contribution is 2.32. The number of carbonyl (C=O) groups excluding carboxylic acids is 1. The van der Waals surface area contributed by atoms with Gasteiger partial charge in [-0.2, -0.15) is 18.7 Å². The lowest BCUT2D eigenvalue weighted by Gasteiger charge is -2.06. The largest absolute Gasteiger partial charge is 0.493 e. The van der Waals surface area contributed by atoms with E-state index in [1.54, 1.807) is 0 Å². The molecule has 0 aliphatic rings. The van der Waals surface area contributed by atoms with Crippen LogP contribution in [0.4, 0.5) is 17.6 Å². The van der Waals surface area contributed by atoms with E-state index in [-0.39, 0.29) is 23.9 Å². The highest BCUT2D eigenvalue weighted by atomic mass is 32.2. The maximum Gasteiger partial charge on any atom is 0.345 e. The molecule has 0 bridgehead atoms. The number of hydrogen-bond donors (Lipinski definition) is 1. The van der Waals surface area contributed by atoms with Gasteiger partial charge in [0.05, 0.1) is 11.5 Å². The van der Waals surface area contributed by atoms with Crippen molar-refractivity contribution in [2.75, 3.05) is 6.61 Å². The second kappa shape index (κ2) is 6.77. The summed E-state index contributed by atoms with van der Waals surface area (Å²) in [5.41, 5.74) is -0.371. The first kappa shape index (κ1) is 16.9. The van der Waals surface area contributed by atoms with Crippen LogP contribution in [-0.2, 0) is 4.74 Å². The van der Waals surface area contributed by atoms with E-state index in [4.69, 9.17) is 0 Å². The maximum atomic E-state index is 13.5. The molecule has 0 radical (unpaired) electrons. The second-order valence-corrected chi connectivity index (χ2v) is 4.84. The lowest BCUT2D eigenvalue weighted by atomic mass is 10.3. The van der Waals surface area contributed by atoms with Crippen molar-refractivity contribution in [1.29, 1.82) is 0 Å². The number of aromatic hydroxyl groups is 1. The average molecular weight is 349 g/mol. The van der Waals surface area contributed by atoms with Crippen LogP contribution in [0, 0.1) is 23.5 Å². The molecular weight excluding hydrogens is 342 g/mol. The van der Waals surface area contributed by atoms with E-state index in [1.165, 1.54) is 6.92 Å². The molecule has 2 rings (SSSR count). The van der Waals surface area contributed by atoms with Gasteiger partial charge in [-0.15, -0.1) is 0 Å². The van der Waals surface area contributed by atoms with Crippen LogP contribution < -0.4 is 0 Å². The van der Waals surface area contributed by atoms with E-state index in [9.17, 15) is 27.5 Å². The van der Waals surface area contributed by atoms with Gasteiger partial charge in [0.15, 0.2) is 16.8 Å². The van der Waals surface area contributed by atoms with Gasteiger partial charge in [0.25, 0.3) is 11.9 Å². The van der Waals surface area contributed by atoms with Crippen LogP contribution in [0.1, 0.15) is 17.3 Å². The lowest BCUT2D eigenvalue weighted by Crippen LogP contribution is -2.07. The number of aromatic nitrogens is 3. The molecule has 0 aromatic carbocycles. The molecule has 0 saturated carbocycles. The number of ether oxygens (including phenoxy) is 1. The molecule has 0 aliphatic heterocycles. The summed E-state index contributed by atoms with van der Waals surface area (Å²) in [6.07, 6.45) is 0.854. The fourth-order valence-corrected chi connectivity index (χ4v) is 2.18. The summed E-state index contributed by atoms with van der Waals surface area (Å²) >= 11 is 0.113. The van der Waals surface area contributed by atoms with Crippen molar-refractivity contribution < 1.29 is 32.2 Å². The van der Waals surface area contributed by atoms with Crippen LogP contribution in [-0.4, -0.2) is 32.6 Å². The van der Waals surface area contributed by atoms with Crippen molar-refractivity contribution in [2.45, 2.75) is 17.0 Å². The third-order valence-corrected chi connectivity index (χ3v) is 3.33. The van der Waals surface area contributed by atoms with Gasteiger partial charge in [-0.05, 0) is 18.7 Å². The van der Waals surface area contributed by atoms with E-state index in [1.807, 2.05) is 0 Å². The van der Waals surface area contributed by atoms with Gasteiger partial charge in [-0.25, -0.2) is 18.6 Å². The minimum Gasteiger partial charge on any atom is -0.493 e. The molecule has 1 N–H and O–H groups in total. The maximum absolute atomic E-state index is 13.5. The molecule has 0 spiro atoms. The minimum atomic E-state index is -1.83. The zero-order valence-electron chi connectivity index (χ0n) is 11.3. The van der Waals surface area contributed by atoms with E-state index < -0.39 is 45.4 Å². The SMILES string of the molecule is CCOC(=O)c1cnc(Sc2c(F)c(F)nc(F)c2F)nc1O. The van der Waals surface area contributed by atoms with E-state index in [0.717, 1.165) is 6.20 Å². The Balaban J connectivity index is 2.36. The highest BCUT2D eigenvalue weighted by molar-refractivity contribution is 7.99. The predicted molar refractivity (Wildman–Crippen MR) is 67.8 cm³/mol. The Morgan fingerprint density at radius 1 is 1.22 bits per heavy atom. The van der Waals surface area contributed by atoms with Gasteiger partial charge in [-0.3, -0.25) is 0 Å². The van der Waals surface area contributed by atoms with E-state index in [0.29, 0.717) is 0 Å². The Morgan fingerprint density at radius 3 is 2.35 bits per heavy atom. The topological polar surface area (TPSA) is 85.2 Å². The van der Waals surface area contributed by atoms with Crippen molar-refractivity contribution in [3.63, 3.8) is 0 Å². The summed E-state index contributed by atoms with van der Waals surface area (Å²) in [5.74, 6) is -8.84. The molecule has 2 heterocycles. The average Bonchev–Trinajstić information content (AvgIpc) is 2.50. The Hall–Kier alpha value is -2.43. The molecule has 0 saturated heterocycles. The molecule has 0 unspecified atom stereocenters. The van der Waals surface area contributed by atoms with Crippen LogP contribution in [0.3, 0.4) is 0 Å². The summed E-state index contributed by atoms with van der Waals surface area (Å²) in [6, 6.07) is 0. The van der Waals surface area contributed by atoms with Crippen LogP contribution in [0.25, 0.3) is 0 Å². The van der Waals surface area contributed by atoms with Gasteiger partial charge in [0, 0.05) is 6.20 Å². The molecule has 0 atom stereocenters. The quantitative estimate of drug-likeness (QED) is 0.393.